The predicted octanol–water partition coefficient (Wildman–Crippen LogP) is -0.572. The number of phosphoric acid groups is 1. The van der Waals surface area contributed by atoms with Gasteiger partial charge in [-0.2, -0.15) is 0 Å². The Bertz CT molecular complexity index is 868. The van der Waals surface area contributed by atoms with E-state index in [0.717, 1.165) is 17.7 Å². The maximum atomic E-state index is 12.4. The number of carbonyl (C=O) groups is 1. The van der Waals surface area contributed by atoms with Crippen molar-refractivity contribution in [3.8, 4) is 11.5 Å². The van der Waals surface area contributed by atoms with E-state index in [4.69, 9.17) is 9.79 Å². The molecule has 2 rings (SSSR count). The second-order valence-electron chi connectivity index (χ2n) is 4.88. The van der Waals surface area contributed by atoms with Gasteiger partial charge in [0.2, 0.25) is 5.75 Å². The minimum absolute atomic E-state index is 0. The molecule has 0 amide bonds. The summed E-state index contributed by atoms with van der Waals surface area (Å²) in [6.07, 6.45) is 0. The molecule has 3 N–H and O–H groups in total. The number of nitrogens with zero attached hydrogens (tertiary/aromatic N) is 1. The van der Waals surface area contributed by atoms with E-state index in [9.17, 15) is 24.6 Å². The minimum Gasteiger partial charge on any atom is -1.00 e. The number of benzene rings is 2. The number of aromatic hydroxyl groups is 1. The van der Waals surface area contributed by atoms with Crippen LogP contribution in [0.25, 0.3) is 0 Å². The number of rotatable bonds is 5. The first-order chi connectivity index (χ1) is 11.1. The van der Waals surface area contributed by atoms with Gasteiger partial charge in [0.25, 0.3) is 0 Å². The van der Waals surface area contributed by atoms with Crippen LogP contribution in [0.1, 0.15) is 22.9 Å². The Morgan fingerprint density at radius 3 is 2.24 bits per heavy atom. The zero-order valence-electron chi connectivity index (χ0n) is 14.2. The number of phenols is 1. The largest absolute Gasteiger partial charge is 1.00 e. The normalized spacial score (nSPS) is 10.7. The molecule has 0 aliphatic rings. The monoisotopic (exact) mass is 377 g/mol. The summed E-state index contributed by atoms with van der Waals surface area (Å²) in [4.78, 5) is 40.0. The van der Waals surface area contributed by atoms with Gasteiger partial charge >= 0.3 is 43.1 Å². The van der Waals surface area contributed by atoms with Crippen molar-refractivity contribution in [2.24, 2.45) is 0 Å². The molecule has 0 atom stereocenters. The van der Waals surface area contributed by atoms with E-state index in [-0.39, 0.29) is 42.1 Å². The number of phenolic OH excluding ortho intramolecular Hbond substituents is 1. The summed E-state index contributed by atoms with van der Waals surface area (Å²) in [5.41, 5.74) is -0.0558. The van der Waals surface area contributed by atoms with Crippen molar-refractivity contribution >= 4 is 19.3 Å². The summed E-state index contributed by atoms with van der Waals surface area (Å²) in [5.74, 6) is -2.56. The van der Waals surface area contributed by atoms with Crippen molar-refractivity contribution in [3.63, 3.8) is 0 Å². The predicted molar refractivity (Wildman–Crippen MR) is 83.2 cm³/mol. The molecular weight excluding hydrogens is 364 g/mol. The number of phosphoric ester groups is 1. The number of nitro groups is 1. The summed E-state index contributed by atoms with van der Waals surface area (Å²) in [5, 5.41) is 20.7. The molecule has 0 aliphatic heterocycles. The van der Waals surface area contributed by atoms with Crippen LogP contribution in [0.2, 0.25) is 0 Å². The number of hydrogen-bond acceptors (Lipinski definition) is 6. The van der Waals surface area contributed by atoms with E-state index < -0.39 is 35.7 Å². The molecule has 9 nitrogen and oxygen atoms in total. The van der Waals surface area contributed by atoms with Gasteiger partial charge in [-0.25, -0.2) is 4.57 Å². The zero-order valence-corrected chi connectivity index (χ0v) is 16.1. The molecule has 0 aliphatic carbocycles. The molecule has 0 saturated heterocycles. The van der Waals surface area contributed by atoms with Crippen molar-refractivity contribution in [3.05, 3.63) is 63.2 Å². The molecule has 0 bridgehead atoms. The van der Waals surface area contributed by atoms with Gasteiger partial charge in [-0.1, -0.05) is 29.8 Å². The molecule has 0 fully saturated rings. The smallest absolute Gasteiger partial charge is 1.00 e. The fourth-order valence-corrected chi connectivity index (χ4v) is 2.33. The van der Waals surface area contributed by atoms with Gasteiger partial charge in [0.1, 0.15) is 0 Å². The van der Waals surface area contributed by atoms with E-state index in [1.807, 2.05) is 6.92 Å². The van der Waals surface area contributed by atoms with E-state index in [1.165, 1.54) is 12.1 Å². The molecule has 0 radical (unpaired) electrons. The maximum absolute atomic E-state index is 12.4. The van der Waals surface area contributed by atoms with Crippen molar-refractivity contribution in [2.75, 3.05) is 0 Å². The third-order valence-corrected chi connectivity index (χ3v) is 3.48. The summed E-state index contributed by atoms with van der Waals surface area (Å²) in [6, 6.07) is 7.97. The molecule has 0 heterocycles. The van der Waals surface area contributed by atoms with Crippen LogP contribution in [0.15, 0.2) is 36.4 Å². The Balaban J connectivity index is 0.00000312. The minimum atomic E-state index is -5.09. The van der Waals surface area contributed by atoms with Crippen LogP contribution in [0.4, 0.5) is 5.69 Å². The Morgan fingerprint density at radius 2 is 1.76 bits per heavy atom. The van der Waals surface area contributed by atoms with Crippen LogP contribution in [0.3, 0.4) is 0 Å². The van der Waals surface area contributed by atoms with Crippen LogP contribution in [-0.4, -0.2) is 25.6 Å². The molecule has 0 aromatic heterocycles. The second-order valence-corrected chi connectivity index (χ2v) is 6.04. The Kier molecular flexibility index (Phi) is 6.90. The van der Waals surface area contributed by atoms with Crippen LogP contribution in [-0.2, 0) is 4.57 Å². The van der Waals surface area contributed by atoms with Gasteiger partial charge < -0.3 is 11.1 Å². The Morgan fingerprint density at radius 1 is 1.20 bits per heavy atom. The molecular formula is C14H13NNaO8P. The van der Waals surface area contributed by atoms with Crippen LogP contribution < -0.4 is 34.1 Å². The van der Waals surface area contributed by atoms with E-state index in [1.54, 1.807) is 12.1 Å². The summed E-state index contributed by atoms with van der Waals surface area (Å²) in [6.45, 7) is 1.81. The van der Waals surface area contributed by atoms with E-state index in [0.29, 0.717) is 0 Å². The first-order valence-corrected chi connectivity index (χ1v) is 7.99. The fraction of sp³-hybridized carbons (Fsp3) is 0.0714. The number of hydrogen-bond donors (Lipinski definition) is 3. The molecule has 0 saturated carbocycles. The van der Waals surface area contributed by atoms with Crippen molar-refractivity contribution in [1.29, 1.82) is 0 Å². The number of nitro benzene ring substituents is 1. The number of carbonyl (C=O) groups excluding carboxylic acids is 1. The topological polar surface area (TPSA) is 147 Å². The van der Waals surface area contributed by atoms with Crippen molar-refractivity contribution < 1.29 is 64.7 Å². The van der Waals surface area contributed by atoms with Gasteiger partial charge in [-0.15, -0.1) is 0 Å². The SMILES string of the molecule is Cc1ccc(C(=O)c2cc(OP(=O)(O)O)c(O)c([N+](=O)[O-])c2)cc1.[H-].[Na+]. The van der Waals surface area contributed by atoms with Gasteiger partial charge in [-0.05, 0) is 13.0 Å². The number of aryl methyl sites for hydroxylation is 1. The third-order valence-electron chi connectivity index (χ3n) is 3.04. The van der Waals surface area contributed by atoms with Crippen LogP contribution in [0, 0.1) is 17.0 Å². The van der Waals surface area contributed by atoms with Crippen LogP contribution >= 0.6 is 7.82 Å². The van der Waals surface area contributed by atoms with Gasteiger partial charge in [-0.3, -0.25) is 24.7 Å². The molecule has 128 valence electrons. The quantitative estimate of drug-likeness (QED) is 0.206. The van der Waals surface area contributed by atoms with E-state index in [2.05, 4.69) is 4.52 Å². The van der Waals surface area contributed by atoms with Gasteiger partial charge in [0.05, 0.1) is 4.92 Å². The first-order valence-electron chi connectivity index (χ1n) is 6.46. The molecule has 2 aromatic rings. The Hall–Kier alpha value is -1.74. The second kappa shape index (κ2) is 8.09. The molecule has 2 aromatic carbocycles. The zero-order chi connectivity index (χ0) is 18.1. The van der Waals surface area contributed by atoms with Gasteiger partial charge in [0.15, 0.2) is 11.5 Å². The summed E-state index contributed by atoms with van der Waals surface area (Å²) in [7, 11) is -5.09. The molecule has 11 heteroatoms. The average Bonchev–Trinajstić information content (AvgIpc) is 2.47. The molecule has 0 unspecified atom stereocenters. The molecule has 25 heavy (non-hydrogen) atoms. The van der Waals surface area contributed by atoms with Crippen LogP contribution in [0.5, 0.6) is 11.5 Å². The third kappa shape index (κ3) is 5.37. The summed E-state index contributed by atoms with van der Waals surface area (Å²) < 4.78 is 15.2. The molecule has 0 spiro atoms. The standard InChI is InChI=1S/C14H12NO8P.Na.H/c1-8-2-4-9(5-3-8)13(16)10-6-11(15(18)19)14(17)12(7-10)23-24(20,21)22;;/h2-7,17H,1H3,(H2,20,21,22);;/q;+1;-1. The Labute approximate surface area is 165 Å². The summed E-state index contributed by atoms with van der Waals surface area (Å²) >= 11 is 0. The average molecular weight is 377 g/mol. The van der Waals surface area contributed by atoms with Crippen molar-refractivity contribution in [1.82, 2.24) is 0 Å². The number of ketones is 1. The fourth-order valence-electron chi connectivity index (χ4n) is 1.93. The maximum Gasteiger partial charge on any atom is 1.00 e. The van der Waals surface area contributed by atoms with Crippen molar-refractivity contribution in [2.45, 2.75) is 6.92 Å². The van der Waals surface area contributed by atoms with E-state index >= 15 is 0 Å². The van der Waals surface area contributed by atoms with Gasteiger partial charge in [0, 0.05) is 17.2 Å². The first kappa shape index (κ1) is 21.3.